The summed E-state index contributed by atoms with van der Waals surface area (Å²) in [4.78, 5) is 11.2. The van der Waals surface area contributed by atoms with Crippen LogP contribution in [0.3, 0.4) is 0 Å². The average Bonchev–Trinajstić information content (AvgIpc) is 2.22. The zero-order valence-electron chi connectivity index (χ0n) is 8.37. The fourth-order valence-electron chi connectivity index (χ4n) is 0.943. The molecule has 0 bridgehead atoms. The van der Waals surface area contributed by atoms with Gasteiger partial charge in [-0.1, -0.05) is 12.1 Å². The van der Waals surface area contributed by atoms with Gasteiger partial charge >= 0.3 is 0 Å². The van der Waals surface area contributed by atoms with Gasteiger partial charge in [-0.05, 0) is 19.1 Å². The van der Waals surface area contributed by atoms with Gasteiger partial charge in [-0.25, -0.2) is 4.39 Å². The first-order chi connectivity index (χ1) is 7.24. The van der Waals surface area contributed by atoms with Crippen molar-refractivity contribution < 1.29 is 13.9 Å². The largest absolute Gasteiger partial charge is 0.501 e. The van der Waals surface area contributed by atoms with Crippen molar-refractivity contribution in [3.8, 4) is 0 Å². The highest BCUT2D eigenvalue weighted by Crippen LogP contribution is 2.11. The van der Waals surface area contributed by atoms with E-state index in [9.17, 15) is 9.18 Å². The summed E-state index contributed by atoms with van der Waals surface area (Å²) in [5.41, 5.74) is 0.156. The van der Waals surface area contributed by atoms with E-state index in [-0.39, 0.29) is 5.69 Å². The van der Waals surface area contributed by atoms with Gasteiger partial charge in [-0.3, -0.25) is 4.79 Å². The number of carbonyl (C=O) groups excluding carboxylic acids is 1. The molecule has 15 heavy (non-hydrogen) atoms. The molecule has 0 saturated carbocycles. The van der Waals surface area contributed by atoms with E-state index in [0.717, 1.165) is 0 Å². The van der Waals surface area contributed by atoms with E-state index < -0.39 is 11.7 Å². The Kier molecular flexibility index (Phi) is 4.34. The molecule has 0 spiro atoms. The number of anilines is 1. The van der Waals surface area contributed by atoms with Crippen molar-refractivity contribution in [1.82, 2.24) is 0 Å². The fraction of sp³-hybridized carbons (Fsp3) is 0.182. The Bertz CT molecular complexity index is 363. The van der Waals surface area contributed by atoms with Crippen LogP contribution in [0.2, 0.25) is 0 Å². The van der Waals surface area contributed by atoms with Crippen molar-refractivity contribution >= 4 is 11.6 Å². The van der Waals surface area contributed by atoms with Crippen molar-refractivity contribution in [2.45, 2.75) is 6.92 Å². The summed E-state index contributed by atoms with van der Waals surface area (Å²) in [6.45, 7) is 2.29. The second-order valence-electron chi connectivity index (χ2n) is 2.73. The standard InChI is InChI=1S/C11H12FNO2/c1-2-15-8-7-11(14)13-10-6-4-3-5-9(10)12/h3-8H,2H2,1H3,(H,13,14)/b8-7-. The van der Waals surface area contributed by atoms with E-state index in [2.05, 4.69) is 5.32 Å². The molecule has 0 atom stereocenters. The number of amides is 1. The normalized spacial score (nSPS) is 10.3. The summed E-state index contributed by atoms with van der Waals surface area (Å²) < 4.78 is 17.9. The molecule has 0 aliphatic rings. The van der Waals surface area contributed by atoms with Crippen LogP contribution in [0, 0.1) is 5.82 Å². The number of para-hydroxylation sites is 1. The summed E-state index contributed by atoms with van der Waals surface area (Å²) in [6, 6.07) is 5.97. The highest BCUT2D eigenvalue weighted by molar-refractivity contribution is 5.99. The lowest BCUT2D eigenvalue weighted by atomic mass is 10.3. The number of hydrogen-bond donors (Lipinski definition) is 1. The molecule has 0 fully saturated rings. The maximum absolute atomic E-state index is 13.1. The van der Waals surface area contributed by atoms with Crippen LogP contribution in [-0.4, -0.2) is 12.5 Å². The topological polar surface area (TPSA) is 38.3 Å². The summed E-state index contributed by atoms with van der Waals surface area (Å²) in [5.74, 6) is -0.885. The van der Waals surface area contributed by atoms with Gasteiger partial charge in [0.2, 0.25) is 0 Å². The lowest BCUT2D eigenvalue weighted by Crippen LogP contribution is -2.09. The molecule has 0 aromatic heterocycles. The van der Waals surface area contributed by atoms with Crippen molar-refractivity contribution in [3.05, 3.63) is 42.4 Å². The zero-order chi connectivity index (χ0) is 11.1. The lowest BCUT2D eigenvalue weighted by molar-refractivity contribution is -0.112. The zero-order valence-corrected chi connectivity index (χ0v) is 8.37. The SMILES string of the molecule is CCO/C=C\C(=O)Nc1ccccc1F. The number of hydrogen-bond acceptors (Lipinski definition) is 2. The molecule has 1 aromatic rings. The third kappa shape index (κ3) is 3.81. The van der Waals surface area contributed by atoms with Crippen LogP contribution in [0.25, 0.3) is 0 Å². The van der Waals surface area contributed by atoms with Crippen LogP contribution in [0.4, 0.5) is 10.1 Å². The molecule has 4 heteroatoms. The second kappa shape index (κ2) is 5.80. The number of benzene rings is 1. The van der Waals surface area contributed by atoms with Crippen LogP contribution >= 0.6 is 0 Å². The summed E-state index contributed by atoms with van der Waals surface area (Å²) in [6.07, 6.45) is 2.48. The molecule has 0 aliphatic carbocycles. The molecular formula is C11H12FNO2. The van der Waals surface area contributed by atoms with Gasteiger partial charge in [0.1, 0.15) is 5.82 Å². The number of rotatable bonds is 4. The summed E-state index contributed by atoms with van der Waals surface area (Å²) >= 11 is 0. The predicted octanol–water partition coefficient (Wildman–Crippen LogP) is 2.31. The Morgan fingerprint density at radius 2 is 2.27 bits per heavy atom. The molecule has 0 saturated heterocycles. The average molecular weight is 209 g/mol. The van der Waals surface area contributed by atoms with Gasteiger partial charge in [-0.15, -0.1) is 0 Å². The highest BCUT2D eigenvalue weighted by Gasteiger charge is 2.02. The molecule has 0 radical (unpaired) electrons. The van der Waals surface area contributed by atoms with Gasteiger partial charge < -0.3 is 10.1 Å². The first-order valence-corrected chi connectivity index (χ1v) is 4.57. The molecule has 0 unspecified atom stereocenters. The van der Waals surface area contributed by atoms with Gasteiger partial charge in [0, 0.05) is 6.08 Å². The van der Waals surface area contributed by atoms with E-state index in [1.807, 2.05) is 0 Å². The molecule has 1 aromatic carbocycles. The number of nitrogens with one attached hydrogen (secondary N) is 1. The van der Waals surface area contributed by atoms with E-state index in [1.54, 1.807) is 19.1 Å². The van der Waals surface area contributed by atoms with Crippen molar-refractivity contribution in [2.75, 3.05) is 11.9 Å². The number of carbonyl (C=O) groups is 1. The maximum Gasteiger partial charge on any atom is 0.251 e. The molecule has 3 nitrogen and oxygen atoms in total. The summed E-state index contributed by atoms with van der Waals surface area (Å²) in [5, 5.41) is 2.39. The first kappa shape index (κ1) is 11.2. The minimum absolute atomic E-state index is 0.156. The lowest BCUT2D eigenvalue weighted by Gasteiger charge is -2.02. The second-order valence-corrected chi connectivity index (χ2v) is 2.73. The van der Waals surface area contributed by atoms with Gasteiger partial charge in [-0.2, -0.15) is 0 Å². The van der Waals surface area contributed by atoms with Crippen LogP contribution in [0.5, 0.6) is 0 Å². The van der Waals surface area contributed by atoms with E-state index in [4.69, 9.17) is 4.74 Å². The third-order valence-corrected chi connectivity index (χ3v) is 1.61. The van der Waals surface area contributed by atoms with E-state index in [0.29, 0.717) is 6.61 Å². The van der Waals surface area contributed by atoms with Crippen LogP contribution in [-0.2, 0) is 9.53 Å². The Labute approximate surface area is 87.6 Å². The van der Waals surface area contributed by atoms with Crippen LogP contribution in [0.1, 0.15) is 6.92 Å². The first-order valence-electron chi connectivity index (χ1n) is 4.57. The Balaban J connectivity index is 2.55. The molecule has 1 N–H and O–H groups in total. The van der Waals surface area contributed by atoms with E-state index >= 15 is 0 Å². The minimum Gasteiger partial charge on any atom is -0.501 e. The van der Waals surface area contributed by atoms with Crippen molar-refractivity contribution in [3.63, 3.8) is 0 Å². The quantitative estimate of drug-likeness (QED) is 0.610. The Hall–Kier alpha value is -1.84. The smallest absolute Gasteiger partial charge is 0.251 e. The summed E-state index contributed by atoms with van der Waals surface area (Å²) in [7, 11) is 0. The maximum atomic E-state index is 13.1. The Morgan fingerprint density at radius 1 is 1.53 bits per heavy atom. The van der Waals surface area contributed by atoms with Gasteiger partial charge in [0.25, 0.3) is 5.91 Å². The molecule has 1 rings (SSSR count). The molecule has 1 amide bonds. The molecular weight excluding hydrogens is 197 g/mol. The minimum atomic E-state index is -0.462. The molecule has 0 aliphatic heterocycles. The van der Waals surface area contributed by atoms with Crippen LogP contribution in [0.15, 0.2) is 36.6 Å². The Morgan fingerprint density at radius 3 is 2.93 bits per heavy atom. The van der Waals surface area contributed by atoms with Gasteiger partial charge in [0.05, 0.1) is 18.6 Å². The van der Waals surface area contributed by atoms with E-state index in [1.165, 1.54) is 24.5 Å². The monoisotopic (exact) mass is 209 g/mol. The van der Waals surface area contributed by atoms with Crippen molar-refractivity contribution in [2.24, 2.45) is 0 Å². The van der Waals surface area contributed by atoms with Gasteiger partial charge in [0.15, 0.2) is 0 Å². The third-order valence-electron chi connectivity index (χ3n) is 1.61. The molecule has 0 heterocycles. The number of ether oxygens (including phenoxy) is 1. The molecule has 80 valence electrons. The fourth-order valence-corrected chi connectivity index (χ4v) is 0.943. The van der Waals surface area contributed by atoms with Crippen molar-refractivity contribution in [1.29, 1.82) is 0 Å². The predicted molar refractivity (Wildman–Crippen MR) is 55.8 cm³/mol. The highest BCUT2D eigenvalue weighted by atomic mass is 19.1. The number of halogens is 1. The van der Waals surface area contributed by atoms with Crippen LogP contribution < -0.4 is 5.32 Å².